The van der Waals surface area contributed by atoms with Gasteiger partial charge in [0.2, 0.25) is 5.91 Å². The van der Waals surface area contributed by atoms with Crippen molar-refractivity contribution in [3.8, 4) is 0 Å². The van der Waals surface area contributed by atoms with Gasteiger partial charge in [0, 0.05) is 0 Å². The number of unbranched alkanes of at least 4 members (excludes halogenated alkanes) is 24. The molecule has 0 spiro atoms. The second-order valence-corrected chi connectivity index (χ2v) is 13.8. The Kier molecular flexibility index (Phi) is 36.3. The number of nitrogens with one attached hydrogen (secondary N) is 1. The molecule has 0 aromatic rings. The van der Waals surface area contributed by atoms with Crippen LogP contribution in [-0.2, 0) is 4.79 Å². The van der Waals surface area contributed by atoms with Gasteiger partial charge in [-0.1, -0.05) is 179 Å². The molecule has 0 fully saturated rings. The molecule has 5 heteroatoms. The van der Waals surface area contributed by atoms with Crippen LogP contribution in [0.1, 0.15) is 200 Å². The smallest absolute Gasteiger partial charge is 0.249 e. The van der Waals surface area contributed by atoms with Crippen molar-refractivity contribution in [3.05, 3.63) is 36.5 Å². The van der Waals surface area contributed by atoms with Crippen molar-refractivity contribution < 1.29 is 20.1 Å². The Balaban J connectivity index is 3.73. The summed E-state index contributed by atoms with van der Waals surface area (Å²) in [6.07, 6.45) is 46.0. The molecule has 0 saturated carbocycles. The second kappa shape index (κ2) is 37.4. The van der Waals surface area contributed by atoms with Crippen molar-refractivity contribution in [2.75, 3.05) is 6.61 Å². The van der Waals surface area contributed by atoms with Crippen LogP contribution in [0.25, 0.3) is 0 Å². The fourth-order valence-corrected chi connectivity index (χ4v) is 5.96. The van der Waals surface area contributed by atoms with E-state index in [1.165, 1.54) is 141 Å². The van der Waals surface area contributed by atoms with Crippen LogP contribution >= 0.6 is 0 Å². The summed E-state index contributed by atoms with van der Waals surface area (Å²) in [5.41, 5.74) is 0. The third-order valence-corrected chi connectivity index (χ3v) is 9.20. The molecule has 0 radical (unpaired) electrons. The molecule has 0 aliphatic carbocycles. The van der Waals surface area contributed by atoms with Gasteiger partial charge in [-0.25, -0.2) is 0 Å². The lowest BCUT2D eigenvalue weighted by atomic mass is 10.0. The van der Waals surface area contributed by atoms with Crippen molar-refractivity contribution in [2.24, 2.45) is 0 Å². The van der Waals surface area contributed by atoms with Crippen LogP contribution in [-0.4, -0.2) is 46.1 Å². The number of rotatable bonds is 36. The topological polar surface area (TPSA) is 89.8 Å². The van der Waals surface area contributed by atoms with E-state index in [0.29, 0.717) is 6.42 Å². The van der Waals surface area contributed by atoms with E-state index in [2.05, 4.69) is 43.5 Å². The van der Waals surface area contributed by atoms with E-state index >= 15 is 0 Å². The lowest BCUT2D eigenvalue weighted by Crippen LogP contribution is -2.48. The predicted molar refractivity (Wildman–Crippen MR) is 204 cm³/mol. The van der Waals surface area contributed by atoms with Gasteiger partial charge in [-0.2, -0.15) is 0 Å². The lowest BCUT2D eigenvalue weighted by Gasteiger charge is -2.21. The monoisotopic (exact) mass is 662 g/mol. The Bertz CT molecular complexity index is 734. The van der Waals surface area contributed by atoms with Crippen molar-refractivity contribution in [3.63, 3.8) is 0 Å². The number of hydrogen-bond donors (Lipinski definition) is 4. The Labute approximate surface area is 292 Å². The van der Waals surface area contributed by atoms with Crippen LogP contribution in [0.3, 0.4) is 0 Å². The zero-order valence-corrected chi connectivity index (χ0v) is 31.2. The highest BCUT2D eigenvalue weighted by atomic mass is 16.3. The molecule has 0 aromatic carbocycles. The number of aliphatic hydroxyl groups excluding tert-OH is 3. The zero-order chi connectivity index (χ0) is 34.5. The average Bonchev–Trinajstić information content (AvgIpc) is 3.07. The Morgan fingerprint density at radius 3 is 1.30 bits per heavy atom. The van der Waals surface area contributed by atoms with E-state index in [1.807, 2.05) is 6.08 Å². The number of amides is 1. The summed E-state index contributed by atoms with van der Waals surface area (Å²) in [5.74, 6) is -0.519. The number of carbonyl (C=O) groups is 1. The van der Waals surface area contributed by atoms with Crippen molar-refractivity contribution in [1.82, 2.24) is 5.32 Å². The largest absolute Gasteiger partial charge is 0.394 e. The fourth-order valence-electron chi connectivity index (χ4n) is 5.96. The van der Waals surface area contributed by atoms with E-state index in [-0.39, 0.29) is 6.61 Å². The van der Waals surface area contributed by atoms with Crippen LogP contribution in [0.5, 0.6) is 0 Å². The maximum absolute atomic E-state index is 12.4. The molecule has 5 nitrogen and oxygen atoms in total. The quantitative estimate of drug-likeness (QED) is 0.0397. The van der Waals surface area contributed by atoms with Gasteiger partial charge in [0.15, 0.2) is 0 Å². The number of hydrogen-bond acceptors (Lipinski definition) is 4. The highest BCUT2D eigenvalue weighted by molar-refractivity contribution is 5.80. The van der Waals surface area contributed by atoms with E-state index in [1.54, 1.807) is 6.08 Å². The first-order chi connectivity index (χ1) is 23.1. The highest BCUT2D eigenvalue weighted by Crippen LogP contribution is 2.14. The van der Waals surface area contributed by atoms with Crippen molar-refractivity contribution in [1.29, 1.82) is 0 Å². The second-order valence-electron chi connectivity index (χ2n) is 13.8. The molecule has 0 aliphatic rings. The SMILES string of the molecule is CCCCCCCCC/C=C/CC/C=C/C(O)C(CO)NC(=O)C(O)CCCCCCCC/C=C\CCCCCCCCCCCC. The fraction of sp³-hybridized carbons (Fsp3) is 0.833. The first-order valence-corrected chi connectivity index (χ1v) is 20.3. The van der Waals surface area contributed by atoms with Gasteiger partial charge >= 0.3 is 0 Å². The van der Waals surface area contributed by atoms with Crippen LogP contribution < -0.4 is 5.32 Å². The summed E-state index contributed by atoms with van der Waals surface area (Å²) in [4.78, 5) is 12.4. The number of allylic oxidation sites excluding steroid dienone is 5. The normalized spacial score (nSPS) is 14.1. The first-order valence-electron chi connectivity index (χ1n) is 20.3. The number of aliphatic hydroxyl groups is 3. The molecule has 0 heterocycles. The van der Waals surface area contributed by atoms with E-state index in [9.17, 15) is 20.1 Å². The summed E-state index contributed by atoms with van der Waals surface area (Å²) >= 11 is 0. The third-order valence-electron chi connectivity index (χ3n) is 9.20. The predicted octanol–water partition coefficient (Wildman–Crippen LogP) is 11.2. The van der Waals surface area contributed by atoms with E-state index in [0.717, 1.165) is 38.5 Å². The molecule has 276 valence electrons. The molecule has 4 N–H and O–H groups in total. The van der Waals surface area contributed by atoms with Gasteiger partial charge in [-0.05, 0) is 57.8 Å². The van der Waals surface area contributed by atoms with Crippen LogP contribution in [0.15, 0.2) is 36.5 Å². The lowest BCUT2D eigenvalue weighted by molar-refractivity contribution is -0.131. The maximum Gasteiger partial charge on any atom is 0.249 e. The van der Waals surface area contributed by atoms with E-state index in [4.69, 9.17) is 0 Å². The zero-order valence-electron chi connectivity index (χ0n) is 31.2. The summed E-state index contributed by atoms with van der Waals surface area (Å²) < 4.78 is 0. The molecule has 0 aromatic heterocycles. The van der Waals surface area contributed by atoms with E-state index < -0.39 is 24.2 Å². The average molecular weight is 662 g/mol. The van der Waals surface area contributed by atoms with Crippen LogP contribution in [0.4, 0.5) is 0 Å². The minimum absolute atomic E-state index is 0.378. The number of carbonyl (C=O) groups excluding carboxylic acids is 1. The first kappa shape index (κ1) is 45.6. The third kappa shape index (κ3) is 32.9. The summed E-state index contributed by atoms with van der Waals surface area (Å²) in [7, 11) is 0. The molecule has 3 unspecified atom stereocenters. The van der Waals surface area contributed by atoms with Crippen molar-refractivity contribution >= 4 is 5.91 Å². The summed E-state index contributed by atoms with van der Waals surface area (Å²) in [5, 5.41) is 33.0. The van der Waals surface area contributed by atoms with Gasteiger partial charge < -0.3 is 20.6 Å². The molecule has 0 rings (SSSR count). The molecule has 3 atom stereocenters. The minimum atomic E-state index is -1.11. The Hall–Kier alpha value is -1.43. The molecule has 0 bridgehead atoms. The minimum Gasteiger partial charge on any atom is -0.394 e. The molecular formula is C42H79NO4. The Morgan fingerprint density at radius 2 is 0.872 bits per heavy atom. The van der Waals surface area contributed by atoms with Gasteiger partial charge in [0.1, 0.15) is 6.10 Å². The van der Waals surface area contributed by atoms with Crippen LogP contribution in [0, 0.1) is 0 Å². The molecule has 47 heavy (non-hydrogen) atoms. The molecular weight excluding hydrogens is 582 g/mol. The van der Waals surface area contributed by atoms with Gasteiger partial charge in [-0.3, -0.25) is 4.79 Å². The standard InChI is InChI=1S/C42H79NO4/c1-3-5-7-9-11-13-15-17-18-19-20-21-22-23-25-27-29-31-33-35-37-41(46)42(47)43-39(38-44)40(45)36-34-32-30-28-26-24-16-14-12-10-8-6-4-2/h21-22,26,28,34,36,39-41,44-46H,3-20,23-25,27,29-33,35,37-38H2,1-2H3,(H,43,47)/b22-21-,28-26+,36-34+. The van der Waals surface area contributed by atoms with Crippen molar-refractivity contribution in [2.45, 2.75) is 218 Å². The highest BCUT2D eigenvalue weighted by Gasteiger charge is 2.22. The van der Waals surface area contributed by atoms with Crippen LogP contribution in [0.2, 0.25) is 0 Å². The maximum atomic E-state index is 12.4. The molecule has 0 aliphatic heterocycles. The molecule has 1 amide bonds. The molecule has 0 saturated heterocycles. The van der Waals surface area contributed by atoms with Gasteiger partial charge in [-0.15, -0.1) is 0 Å². The Morgan fingerprint density at radius 1 is 0.511 bits per heavy atom. The summed E-state index contributed by atoms with van der Waals surface area (Å²) in [6, 6.07) is -0.815. The summed E-state index contributed by atoms with van der Waals surface area (Å²) in [6.45, 7) is 4.15. The van der Waals surface area contributed by atoms with Gasteiger partial charge in [0.05, 0.1) is 18.8 Å². The van der Waals surface area contributed by atoms with Gasteiger partial charge in [0.25, 0.3) is 0 Å².